The average molecular weight is 276 g/mol. The molecule has 4 atom stereocenters. The summed E-state index contributed by atoms with van der Waals surface area (Å²) in [4.78, 5) is 16.4. The highest BCUT2D eigenvalue weighted by Gasteiger charge is 2.42. The molecule has 0 aliphatic heterocycles. The largest absolute Gasteiger partial charge is 0.352 e. The van der Waals surface area contributed by atoms with Gasteiger partial charge in [-0.2, -0.15) is 5.10 Å². The molecule has 1 N–H and O–H groups in total. The van der Waals surface area contributed by atoms with E-state index < -0.39 is 0 Å². The molecular formula is C15H24N4O. The summed E-state index contributed by atoms with van der Waals surface area (Å²) in [7, 11) is 0. The highest BCUT2D eigenvalue weighted by Crippen LogP contribution is 2.49. The molecule has 2 aliphatic carbocycles. The van der Waals surface area contributed by atoms with Gasteiger partial charge in [0.2, 0.25) is 5.91 Å². The molecule has 5 heteroatoms. The van der Waals surface area contributed by atoms with Crippen molar-refractivity contribution in [3.63, 3.8) is 0 Å². The third-order valence-corrected chi connectivity index (χ3v) is 5.08. The van der Waals surface area contributed by atoms with E-state index in [0.717, 1.165) is 23.5 Å². The van der Waals surface area contributed by atoms with Crippen molar-refractivity contribution in [1.29, 1.82) is 0 Å². The van der Waals surface area contributed by atoms with E-state index in [1.165, 1.54) is 25.7 Å². The number of carbonyl (C=O) groups is 1. The first-order valence-corrected chi connectivity index (χ1v) is 7.70. The van der Waals surface area contributed by atoms with Crippen LogP contribution in [-0.2, 0) is 11.3 Å². The number of nitrogens with zero attached hydrogens (tertiary/aromatic N) is 3. The van der Waals surface area contributed by atoms with Crippen LogP contribution in [-0.4, -0.2) is 26.7 Å². The van der Waals surface area contributed by atoms with Crippen molar-refractivity contribution in [1.82, 2.24) is 20.1 Å². The molecule has 2 saturated carbocycles. The molecule has 0 radical (unpaired) electrons. The van der Waals surface area contributed by atoms with Gasteiger partial charge in [0.05, 0.1) is 0 Å². The SMILES string of the molecule is Cc1nc(C)n(CC(=O)N[C@@H](C)[C@H]2C[C@H]3CC[C@H]2C3)n1. The maximum atomic E-state index is 12.1. The van der Waals surface area contributed by atoms with E-state index in [2.05, 4.69) is 22.3 Å². The Morgan fingerprint density at radius 1 is 1.40 bits per heavy atom. The molecule has 0 spiro atoms. The number of nitrogens with one attached hydrogen (secondary N) is 1. The molecule has 1 aromatic heterocycles. The molecule has 5 nitrogen and oxygen atoms in total. The smallest absolute Gasteiger partial charge is 0.242 e. The van der Waals surface area contributed by atoms with Gasteiger partial charge in [0.25, 0.3) is 0 Å². The molecule has 0 saturated heterocycles. The first-order chi connectivity index (χ1) is 9.52. The van der Waals surface area contributed by atoms with Crippen LogP contribution in [0.1, 0.15) is 44.3 Å². The van der Waals surface area contributed by atoms with Gasteiger partial charge >= 0.3 is 0 Å². The van der Waals surface area contributed by atoms with Gasteiger partial charge in [-0.05, 0) is 57.8 Å². The summed E-state index contributed by atoms with van der Waals surface area (Å²) < 4.78 is 1.68. The Hall–Kier alpha value is -1.39. The van der Waals surface area contributed by atoms with E-state index in [9.17, 15) is 4.79 Å². The molecule has 2 bridgehead atoms. The molecule has 3 rings (SSSR count). The van der Waals surface area contributed by atoms with Crippen LogP contribution in [0.25, 0.3) is 0 Å². The quantitative estimate of drug-likeness (QED) is 0.912. The van der Waals surface area contributed by atoms with Gasteiger partial charge in [0, 0.05) is 6.04 Å². The van der Waals surface area contributed by atoms with Gasteiger partial charge in [-0.1, -0.05) is 6.42 Å². The summed E-state index contributed by atoms with van der Waals surface area (Å²) in [6.45, 7) is 6.16. The van der Waals surface area contributed by atoms with Gasteiger partial charge in [0.15, 0.2) is 0 Å². The molecule has 0 unspecified atom stereocenters. The number of fused-ring (bicyclic) bond motifs is 2. The average Bonchev–Trinajstić information content (AvgIpc) is 3.05. The van der Waals surface area contributed by atoms with Crippen molar-refractivity contribution >= 4 is 5.91 Å². The van der Waals surface area contributed by atoms with Crippen LogP contribution >= 0.6 is 0 Å². The van der Waals surface area contributed by atoms with Crippen molar-refractivity contribution in [2.75, 3.05) is 0 Å². The number of hydrogen-bond donors (Lipinski definition) is 1. The van der Waals surface area contributed by atoms with Crippen molar-refractivity contribution in [3.8, 4) is 0 Å². The summed E-state index contributed by atoms with van der Waals surface area (Å²) in [6.07, 6.45) is 5.44. The summed E-state index contributed by atoms with van der Waals surface area (Å²) in [5.74, 6) is 4.00. The Morgan fingerprint density at radius 3 is 2.75 bits per heavy atom. The first-order valence-electron chi connectivity index (χ1n) is 7.70. The van der Waals surface area contributed by atoms with Crippen molar-refractivity contribution < 1.29 is 4.79 Å². The Morgan fingerprint density at radius 2 is 2.20 bits per heavy atom. The molecule has 2 fully saturated rings. The van der Waals surface area contributed by atoms with Crippen LogP contribution in [0.15, 0.2) is 0 Å². The molecule has 20 heavy (non-hydrogen) atoms. The highest BCUT2D eigenvalue weighted by molar-refractivity contribution is 5.76. The van der Waals surface area contributed by atoms with E-state index >= 15 is 0 Å². The number of hydrogen-bond acceptors (Lipinski definition) is 3. The topological polar surface area (TPSA) is 59.8 Å². The lowest BCUT2D eigenvalue weighted by atomic mass is 9.84. The number of aromatic nitrogens is 3. The van der Waals surface area contributed by atoms with E-state index in [4.69, 9.17) is 0 Å². The summed E-state index contributed by atoms with van der Waals surface area (Å²) in [5.41, 5.74) is 0. The third-order valence-electron chi connectivity index (χ3n) is 5.08. The van der Waals surface area contributed by atoms with Crippen LogP contribution in [0.2, 0.25) is 0 Å². The Labute approximate surface area is 120 Å². The first kappa shape index (κ1) is 13.6. The summed E-state index contributed by atoms with van der Waals surface area (Å²) >= 11 is 0. The molecular weight excluding hydrogens is 252 g/mol. The fourth-order valence-corrected chi connectivity index (χ4v) is 4.16. The molecule has 1 aromatic rings. The van der Waals surface area contributed by atoms with Crippen LogP contribution in [0, 0.1) is 31.6 Å². The van der Waals surface area contributed by atoms with Crippen molar-refractivity contribution in [2.45, 2.75) is 59.0 Å². The molecule has 1 amide bonds. The van der Waals surface area contributed by atoms with Crippen molar-refractivity contribution in [2.24, 2.45) is 17.8 Å². The third kappa shape index (κ3) is 2.58. The van der Waals surface area contributed by atoms with Crippen LogP contribution in [0.5, 0.6) is 0 Å². The van der Waals surface area contributed by atoms with Crippen LogP contribution in [0.4, 0.5) is 0 Å². The monoisotopic (exact) mass is 276 g/mol. The predicted octanol–water partition coefficient (Wildman–Crippen LogP) is 1.84. The van der Waals surface area contributed by atoms with Crippen LogP contribution in [0.3, 0.4) is 0 Å². The van der Waals surface area contributed by atoms with Crippen molar-refractivity contribution in [3.05, 3.63) is 11.6 Å². The molecule has 110 valence electrons. The standard InChI is InChI=1S/C15H24N4O/c1-9(14-7-12-4-5-13(14)6-12)16-15(20)8-19-11(3)17-10(2)18-19/h9,12-14H,4-8H2,1-3H3,(H,16,20)/t9-,12-,13-,14+/m0/s1. The Bertz CT molecular complexity index is 510. The zero-order valence-corrected chi connectivity index (χ0v) is 12.6. The minimum Gasteiger partial charge on any atom is -0.352 e. The number of aryl methyl sites for hydroxylation is 2. The zero-order chi connectivity index (χ0) is 14.3. The molecule has 0 aromatic carbocycles. The minimum atomic E-state index is 0.0493. The number of carbonyl (C=O) groups excluding carboxylic acids is 1. The van der Waals surface area contributed by atoms with E-state index in [0.29, 0.717) is 5.92 Å². The van der Waals surface area contributed by atoms with E-state index in [-0.39, 0.29) is 18.5 Å². The van der Waals surface area contributed by atoms with Gasteiger partial charge in [-0.15, -0.1) is 0 Å². The second-order valence-electron chi connectivity index (χ2n) is 6.56. The lowest BCUT2D eigenvalue weighted by Gasteiger charge is -2.28. The summed E-state index contributed by atoms with van der Waals surface area (Å²) in [5, 5.41) is 7.40. The second kappa shape index (κ2) is 5.19. The fourth-order valence-electron chi connectivity index (χ4n) is 4.16. The lowest BCUT2D eigenvalue weighted by molar-refractivity contribution is -0.123. The highest BCUT2D eigenvalue weighted by atomic mass is 16.2. The maximum absolute atomic E-state index is 12.1. The normalized spacial score (nSPS) is 29.6. The fraction of sp³-hybridized carbons (Fsp3) is 0.800. The minimum absolute atomic E-state index is 0.0493. The lowest BCUT2D eigenvalue weighted by Crippen LogP contribution is -2.41. The van der Waals surface area contributed by atoms with Gasteiger partial charge in [0.1, 0.15) is 18.2 Å². The summed E-state index contributed by atoms with van der Waals surface area (Å²) in [6, 6.07) is 0.280. The maximum Gasteiger partial charge on any atom is 0.242 e. The van der Waals surface area contributed by atoms with Gasteiger partial charge in [-0.25, -0.2) is 9.67 Å². The van der Waals surface area contributed by atoms with Crippen LogP contribution < -0.4 is 5.32 Å². The zero-order valence-electron chi connectivity index (χ0n) is 12.6. The van der Waals surface area contributed by atoms with E-state index in [1.807, 2.05) is 13.8 Å². The molecule has 2 aliphatic rings. The number of rotatable bonds is 4. The number of amides is 1. The second-order valence-corrected chi connectivity index (χ2v) is 6.56. The predicted molar refractivity (Wildman–Crippen MR) is 76.0 cm³/mol. The van der Waals surface area contributed by atoms with E-state index in [1.54, 1.807) is 4.68 Å². The Kier molecular flexibility index (Phi) is 3.52. The van der Waals surface area contributed by atoms with Gasteiger partial charge < -0.3 is 5.32 Å². The van der Waals surface area contributed by atoms with Gasteiger partial charge in [-0.3, -0.25) is 4.79 Å². The molecule has 1 heterocycles. The Balaban J connectivity index is 1.55.